The maximum Gasteiger partial charge on any atom is 0.151 e. The Morgan fingerprint density at radius 2 is 2.33 bits per heavy atom. The van der Waals surface area contributed by atoms with Gasteiger partial charge < -0.3 is 5.11 Å². The summed E-state index contributed by atoms with van der Waals surface area (Å²) in [7, 11) is -1.03. The number of rotatable bonds is 4. The fraction of sp³-hybridized carbons (Fsp3) is 0.583. The highest BCUT2D eigenvalue weighted by molar-refractivity contribution is 7.91. The molecule has 2 unspecified atom stereocenters. The quantitative estimate of drug-likeness (QED) is 0.848. The Labute approximate surface area is 107 Å². The van der Waals surface area contributed by atoms with Crippen LogP contribution in [0, 0.1) is 0 Å². The van der Waals surface area contributed by atoms with E-state index in [4.69, 9.17) is 0 Å². The van der Waals surface area contributed by atoms with Crippen molar-refractivity contribution in [1.82, 2.24) is 9.88 Å². The van der Waals surface area contributed by atoms with Gasteiger partial charge in [0, 0.05) is 18.8 Å². The highest BCUT2D eigenvalue weighted by Crippen LogP contribution is 2.19. The Bertz CT molecular complexity index is 489. The maximum absolute atomic E-state index is 11.4. The number of nitrogens with zero attached hydrogens (tertiary/aromatic N) is 2. The molecule has 0 bridgehead atoms. The number of aliphatic hydroxyl groups excluding tert-OH is 1. The van der Waals surface area contributed by atoms with Gasteiger partial charge in [0.2, 0.25) is 0 Å². The van der Waals surface area contributed by atoms with Crippen LogP contribution in [0.5, 0.6) is 0 Å². The lowest BCUT2D eigenvalue weighted by Crippen LogP contribution is -2.36. The summed E-state index contributed by atoms with van der Waals surface area (Å²) in [6, 6.07) is 5.40. The summed E-state index contributed by atoms with van der Waals surface area (Å²) in [4.78, 5) is 6.00. The Balaban J connectivity index is 1.94. The highest BCUT2D eigenvalue weighted by Gasteiger charge is 2.31. The van der Waals surface area contributed by atoms with Crippen molar-refractivity contribution in [3.8, 4) is 0 Å². The summed E-state index contributed by atoms with van der Waals surface area (Å²) in [5.41, 5.74) is 0.616. The van der Waals surface area contributed by atoms with Crippen molar-refractivity contribution >= 4 is 9.84 Å². The van der Waals surface area contributed by atoms with Crippen LogP contribution >= 0.6 is 0 Å². The minimum absolute atomic E-state index is 0.00774. The monoisotopic (exact) mass is 270 g/mol. The van der Waals surface area contributed by atoms with Crippen molar-refractivity contribution in [3.05, 3.63) is 30.1 Å². The molecule has 100 valence electrons. The number of hydrogen-bond acceptors (Lipinski definition) is 5. The molecule has 1 aliphatic rings. The molecule has 1 aromatic heterocycles. The molecule has 5 nitrogen and oxygen atoms in total. The molecular weight excluding hydrogens is 252 g/mol. The van der Waals surface area contributed by atoms with E-state index in [1.807, 2.05) is 18.0 Å². The van der Waals surface area contributed by atoms with E-state index in [0.29, 0.717) is 18.7 Å². The Morgan fingerprint density at radius 1 is 1.56 bits per heavy atom. The maximum atomic E-state index is 11.4. The van der Waals surface area contributed by atoms with Crippen molar-refractivity contribution in [2.75, 3.05) is 25.1 Å². The smallest absolute Gasteiger partial charge is 0.151 e. The third kappa shape index (κ3) is 3.28. The molecule has 0 radical (unpaired) electrons. The van der Waals surface area contributed by atoms with E-state index in [1.54, 1.807) is 18.3 Å². The molecule has 18 heavy (non-hydrogen) atoms. The van der Waals surface area contributed by atoms with E-state index in [0.717, 1.165) is 0 Å². The lowest BCUT2D eigenvalue weighted by molar-refractivity contribution is 0.106. The zero-order valence-electron chi connectivity index (χ0n) is 10.4. The van der Waals surface area contributed by atoms with Gasteiger partial charge in [-0.2, -0.15) is 0 Å². The predicted octanol–water partition coefficient (Wildman–Crippen LogP) is 0.234. The summed E-state index contributed by atoms with van der Waals surface area (Å²) >= 11 is 0. The molecule has 2 atom stereocenters. The summed E-state index contributed by atoms with van der Waals surface area (Å²) in [6.07, 6.45) is 1.60. The fourth-order valence-electron chi connectivity index (χ4n) is 2.21. The van der Waals surface area contributed by atoms with E-state index >= 15 is 0 Å². The van der Waals surface area contributed by atoms with Crippen LogP contribution in [0.3, 0.4) is 0 Å². The molecule has 0 aliphatic carbocycles. The lowest BCUT2D eigenvalue weighted by atomic mass is 10.2. The minimum atomic E-state index is -2.88. The van der Waals surface area contributed by atoms with Gasteiger partial charge in [0.1, 0.15) is 6.10 Å². The summed E-state index contributed by atoms with van der Waals surface area (Å²) in [5, 5.41) is 10.0. The van der Waals surface area contributed by atoms with Crippen LogP contribution in [0.1, 0.15) is 18.2 Å². The number of sulfone groups is 1. The van der Waals surface area contributed by atoms with Gasteiger partial charge in [-0.15, -0.1) is 0 Å². The highest BCUT2D eigenvalue weighted by atomic mass is 32.2. The molecule has 0 amide bonds. The average molecular weight is 270 g/mol. The van der Waals surface area contributed by atoms with Crippen LogP contribution in [0.2, 0.25) is 0 Å². The molecule has 6 heteroatoms. The summed E-state index contributed by atoms with van der Waals surface area (Å²) in [5.74, 6) is 0.445. The van der Waals surface area contributed by atoms with E-state index in [2.05, 4.69) is 4.98 Å². The molecule has 0 saturated carbocycles. The molecule has 2 heterocycles. The predicted molar refractivity (Wildman–Crippen MR) is 68.9 cm³/mol. The number of pyridine rings is 1. The first-order valence-corrected chi connectivity index (χ1v) is 7.80. The van der Waals surface area contributed by atoms with Crippen molar-refractivity contribution < 1.29 is 13.5 Å². The molecule has 0 spiro atoms. The second-order valence-electron chi connectivity index (χ2n) is 4.77. The summed E-state index contributed by atoms with van der Waals surface area (Å²) < 4.78 is 22.8. The first kappa shape index (κ1) is 13.5. The largest absolute Gasteiger partial charge is 0.385 e. The van der Waals surface area contributed by atoms with Gasteiger partial charge in [-0.25, -0.2) is 8.42 Å². The molecule has 1 fully saturated rings. The standard InChI is InChI=1S/C12H18N2O3S/c1-14(10-5-7-18(16,17)9-10)8-12(15)11-4-2-3-6-13-11/h2-4,6,10,12,15H,5,7-9H2,1H3. The van der Waals surface area contributed by atoms with Crippen LogP contribution in [0.4, 0.5) is 0 Å². The third-order valence-electron chi connectivity index (χ3n) is 3.32. The van der Waals surface area contributed by atoms with Gasteiger partial charge in [0.15, 0.2) is 9.84 Å². The SMILES string of the molecule is CN(CC(O)c1ccccn1)C1CCS(=O)(=O)C1. The first-order chi connectivity index (χ1) is 8.48. The van der Waals surface area contributed by atoms with Gasteiger partial charge in [0.25, 0.3) is 0 Å². The van der Waals surface area contributed by atoms with Crippen LogP contribution in [-0.4, -0.2) is 54.5 Å². The Hall–Kier alpha value is -0.980. The first-order valence-electron chi connectivity index (χ1n) is 5.97. The number of aliphatic hydroxyl groups is 1. The number of aromatic nitrogens is 1. The minimum Gasteiger partial charge on any atom is -0.385 e. The van der Waals surface area contributed by atoms with Crippen LogP contribution in [-0.2, 0) is 9.84 Å². The lowest BCUT2D eigenvalue weighted by Gasteiger charge is -2.25. The molecule has 2 rings (SSSR count). The van der Waals surface area contributed by atoms with Gasteiger partial charge >= 0.3 is 0 Å². The fourth-order valence-corrected chi connectivity index (χ4v) is 4.02. The molecule has 1 N–H and O–H groups in total. The van der Waals surface area contributed by atoms with Crippen molar-refractivity contribution in [2.45, 2.75) is 18.6 Å². The second kappa shape index (κ2) is 5.34. The van der Waals surface area contributed by atoms with Crippen LogP contribution < -0.4 is 0 Å². The third-order valence-corrected chi connectivity index (χ3v) is 5.07. The second-order valence-corrected chi connectivity index (χ2v) is 7.00. The van der Waals surface area contributed by atoms with E-state index in [1.165, 1.54) is 0 Å². The van der Waals surface area contributed by atoms with Crippen molar-refractivity contribution in [1.29, 1.82) is 0 Å². The van der Waals surface area contributed by atoms with Gasteiger partial charge in [-0.05, 0) is 25.6 Å². The van der Waals surface area contributed by atoms with Gasteiger partial charge in [0.05, 0.1) is 17.2 Å². The zero-order valence-corrected chi connectivity index (χ0v) is 11.2. The van der Waals surface area contributed by atoms with Crippen LogP contribution in [0.15, 0.2) is 24.4 Å². The van der Waals surface area contributed by atoms with E-state index < -0.39 is 15.9 Å². The van der Waals surface area contributed by atoms with Gasteiger partial charge in [-0.1, -0.05) is 6.07 Å². The normalized spacial score (nSPS) is 24.3. The molecule has 1 aromatic rings. The molecule has 0 aromatic carbocycles. The van der Waals surface area contributed by atoms with Crippen molar-refractivity contribution in [3.63, 3.8) is 0 Å². The zero-order chi connectivity index (χ0) is 13.2. The van der Waals surface area contributed by atoms with E-state index in [9.17, 15) is 13.5 Å². The van der Waals surface area contributed by atoms with Crippen molar-refractivity contribution in [2.24, 2.45) is 0 Å². The Morgan fingerprint density at radius 3 is 2.89 bits per heavy atom. The summed E-state index contributed by atoms with van der Waals surface area (Å²) in [6.45, 7) is 0.400. The molecule has 1 aliphatic heterocycles. The van der Waals surface area contributed by atoms with Gasteiger partial charge in [-0.3, -0.25) is 9.88 Å². The number of likely N-dealkylation sites (N-methyl/N-ethyl adjacent to an activating group) is 1. The molecular formula is C12H18N2O3S. The van der Waals surface area contributed by atoms with E-state index in [-0.39, 0.29) is 17.5 Å². The average Bonchev–Trinajstić information content (AvgIpc) is 2.71. The molecule has 1 saturated heterocycles. The van der Waals surface area contributed by atoms with Crippen LogP contribution in [0.25, 0.3) is 0 Å². The Kier molecular flexibility index (Phi) is 3.99. The topological polar surface area (TPSA) is 70.5 Å². The number of hydrogen-bond donors (Lipinski definition) is 1.